The second-order valence-corrected chi connectivity index (χ2v) is 9.10. The van der Waals surface area contributed by atoms with E-state index in [0.717, 1.165) is 23.7 Å². The molecule has 12 nitrogen and oxygen atoms in total. The summed E-state index contributed by atoms with van der Waals surface area (Å²) in [6.45, 7) is 6.25. The van der Waals surface area contributed by atoms with Crippen LogP contribution in [0.5, 0.6) is 5.75 Å². The average Bonchev–Trinajstić information content (AvgIpc) is 3.16. The van der Waals surface area contributed by atoms with Gasteiger partial charge >= 0.3 is 5.97 Å². The Labute approximate surface area is 229 Å². The van der Waals surface area contributed by atoms with E-state index in [9.17, 15) is 29.3 Å². The van der Waals surface area contributed by atoms with Gasteiger partial charge < -0.3 is 19.7 Å². The molecular weight excluding hydrogens is 528 g/mol. The van der Waals surface area contributed by atoms with Crippen molar-refractivity contribution in [2.45, 2.75) is 20.8 Å². The van der Waals surface area contributed by atoms with Crippen molar-refractivity contribution in [1.29, 1.82) is 0 Å². The van der Waals surface area contributed by atoms with Crippen LogP contribution >= 0.6 is 11.8 Å². The lowest BCUT2D eigenvalue weighted by atomic mass is 10.1. The zero-order valence-corrected chi connectivity index (χ0v) is 22.5. The summed E-state index contributed by atoms with van der Waals surface area (Å²) in [5, 5.41) is 13.0. The Balaban J connectivity index is 1.83. The van der Waals surface area contributed by atoms with Crippen LogP contribution in [0.2, 0.25) is 0 Å². The van der Waals surface area contributed by atoms with E-state index in [2.05, 4.69) is 10.2 Å². The first-order chi connectivity index (χ1) is 18.7. The highest BCUT2D eigenvalue weighted by Crippen LogP contribution is 2.35. The van der Waals surface area contributed by atoms with Crippen molar-refractivity contribution in [2.24, 2.45) is 0 Å². The number of amides is 3. The summed E-state index contributed by atoms with van der Waals surface area (Å²) in [5.41, 5.74) is 1.34. The van der Waals surface area contributed by atoms with Gasteiger partial charge in [-0.25, -0.2) is 0 Å². The Kier molecular flexibility index (Phi) is 10.0. The molecule has 0 bridgehead atoms. The van der Waals surface area contributed by atoms with Crippen LogP contribution in [0.15, 0.2) is 47.4 Å². The van der Waals surface area contributed by atoms with Crippen molar-refractivity contribution in [3.05, 3.63) is 63.0 Å². The van der Waals surface area contributed by atoms with Crippen molar-refractivity contribution in [3.63, 3.8) is 0 Å². The number of nitro groups is 1. The first-order valence-corrected chi connectivity index (χ1v) is 13.0. The normalized spacial score (nSPS) is 13.9. The van der Waals surface area contributed by atoms with Gasteiger partial charge in [0, 0.05) is 48.2 Å². The molecule has 0 spiro atoms. The summed E-state index contributed by atoms with van der Waals surface area (Å²) in [5.74, 6) is -1.60. The summed E-state index contributed by atoms with van der Waals surface area (Å²) in [6, 6.07) is 10.8. The highest BCUT2D eigenvalue weighted by Gasteiger charge is 2.36. The fraction of sp³-hybridized carbons (Fsp3) is 0.308. The highest BCUT2D eigenvalue weighted by molar-refractivity contribution is 8.18. The molecule has 0 saturated carbocycles. The van der Waals surface area contributed by atoms with Crippen LogP contribution < -0.4 is 15.0 Å². The molecule has 1 N–H and O–H groups in total. The maximum absolute atomic E-state index is 12.8. The quantitative estimate of drug-likeness (QED) is 0.176. The number of carbonyl (C=O) groups excluding carboxylic acids is 4. The fourth-order valence-electron chi connectivity index (χ4n) is 3.70. The second-order valence-electron chi connectivity index (χ2n) is 8.11. The molecule has 0 unspecified atom stereocenters. The summed E-state index contributed by atoms with van der Waals surface area (Å²) in [6.07, 6.45) is 1.47. The first-order valence-electron chi connectivity index (χ1n) is 12.1. The van der Waals surface area contributed by atoms with Crippen molar-refractivity contribution in [3.8, 4) is 5.75 Å². The van der Waals surface area contributed by atoms with E-state index in [0.29, 0.717) is 17.3 Å². The van der Waals surface area contributed by atoms with E-state index >= 15 is 0 Å². The van der Waals surface area contributed by atoms with Crippen LogP contribution in [-0.2, 0) is 19.1 Å². The number of hydrogen-bond donors (Lipinski definition) is 1. The van der Waals surface area contributed by atoms with Crippen molar-refractivity contribution in [1.82, 2.24) is 4.90 Å². The molecule has 1 aliphatic rings. The minimum atomic E-state index is -0.691. The molecule has 206 valence electrons. The summed E-state index contributed by atoms with van der Waals surface area (Å²) in [4.78, 5) is 63.0. The fourth-order valence-corrected chi connectivity index (χ4v) is 4.53. The maximum atomic E-state index is 12.8. The molecule has 2 aromatic rings. The van der Waals surface area contributed by atoms with Gasteiger partial charge in [0.1, 0.15) is 12.3 Å². The summed E-state index contributed by atoms with van der Waals surface area (Å²) < 4.78 is 10.6. The molecule has 1 heterocycles. The van der Waals surface area contributed by atoms with Crippen LogP contribution in [0.1, 0.15) is 26.3 Å². The van der Waals surface area contributed by atoms with E-state index in [1.54, 1.807) is 19.1 Å². The van der Waals surface area contributed by atoms with Gasteiger partial charge in [0.15, 0.2) is 6.61 Å². The predicted molar refractivity (Wildman–Crippen MR) is 147 cm³/mol. The molecule has 0 aromatic heterocycles. The van der Waals surface area contributed by atoms with Gasteiger partial charge in [-0.05, 0) is 56.8 Å². The van der Waals surface area contributed by atoms with E-state index in [1.807, 2.05) is 19.9 Å². The monoisotopic (exact) mass is 556 g/mol. The number of ether oxygens (including phenoxy) is 2. The third-order valence-corrected chi connectivity index (χ3v) is 6.49. The van der Waals surface area contributed by atoms with Gasteiger partial charge in [-0.3, -0.25) is 34.2 Å². The molecule has 3 amide bonds. The first kappa shape index (κ1) is 29.2. The van der Waals surface area contributed by atoms with Crippen LogP contribution in [0, 0.1) is 10.1 Å². The lowest BCUT2D eigenvalue weighted by Crippen LogP contribution is -2.34. The molecule has 1 aliphatic heterocycles. The standard InChI is InChI=1S/C26H28N4O8S/c1-4-28(5-2)19-11-10-17(12-22-25(33)29(26(34)39-22)15-24(32)37-6-3)21(14-19)38-16-23(31)27-18-8-7-9-20(13-18)30(35)36/h7-14H,4-6,15-16H2,1-3H3,(H,27,31)/b22-12+. The number of anilines is 2. The summed E-state index contributed by atoms with van der Waals surface area (Å²) in [7, 11) is 0. The average molecular weight is 557 g/mol. The van der Waals surface area contributed by atoms with Gasteiger partial charge in [-0.1, -0.05) is 6.07 Å². The molecule has 2 aromatic carbocycles. The number of carbonyl (C=O) groups is 4. The maximum Gasteiger partial charge on any atom is 0.326 e. The van der Waals surface area contributed by atoms with Gasteiger partial charge in [0.25, 0.3) is 22.7 Å². The van der Waals surface area contributed by atoms with E-state index < -0.39 is 41.1 Å². The number of thioether (sulfide) groups is 1. The number of esters is 1. The number of nitro benzene ring substituents is 1. The zero-order chi connectivity index (χ0) is 28.5. The Morgan fingerprint density at radius 1 is 1.13 bits per heavy atom. The molecule has 39 heavy (non-hydrogen) atoms. The van der Waals surface area contributed by atoms with Gasteiger partial charge in [0.05, 0.1) is 16.4 Å². The van der Waals surface area contributed by atoms with E-state index in [-0.39, 0.29) is 28.6 Å². The number of imide groups is 1. The van der Waals surface area contributed by atoms with Crippen LogP contribution in [0.4, 0.5) is 21.9 Å². The predicted octanol–water partition coefficient (Wildman–Crippen LogP) is 4.06. The van der Waals surface area contributed by atoms with Crippen LogP contribution in [0.25, 0.3) is 6.08 Å². The molecule has 0 atom stereocenters. The molecular formula is C26H28N4O8S. The number of hydrogen-bond acceptors (Lipinski definition) is 10. The van der Waals surface area contributed by atoms with Gasteiger partial charge in [-0.2, -0.15) is 0 Å². The lowest BCUT2D eigenvalue weighted by molar-refractivity contribution is -0.384. The minimum absolute atomic E-state index is 0.0887. The van der Waals surface area contributed by atoms with Gasteiger partial charge in [-0.15, -0.1) is 0 Å². The van der Waals surface area contributed by atoms with Gasteiger partial charge in [0.2, 0.25) is 0 Å². The third-order valence-electron chi connectivity index (χ3n) is 5.58. The minimum Gasteiger partial charge on any atom is -0.483 e. The molecule has 3 rings (SSSR count). The highest BCUT2D eigenvalue weighted by atomic mass is 32.2. The number of benzene rings is 2. The molecule has 1 fully saturated rings. The largest absolute Gasteiger partial charge is 0.483 e. The van der Waals surface area contributed by atoms with Crippen LogP contribution in [0.3, 0.4) is 0 Å². The van der Waals surface area contributed by atoms with E-state index in [1.165, 1.54) is 30.3 Å². The van der Waals surface area contributed by atoms with Crippen molar-refractivity contribution >= 4 is 57.9 Å². The smallest absolute Gasteiger partial charge is 0.326 e. The summed E-state index contributed by atoms with van der Waals surface area (Å²) >= 11 is 0.685. The topological polar surface area (TPSA) is 148 Å². The number of rotatable bonds is 12. The Morgan fingerprint density at radius 3 is 2.54 bits per heavy atom. The van der Waals surface area contributed by atoms with Crippen molar-refractivity contribution in [2.75, 3.05) is 43.1 Å². The second kappa shape index (κ2) is 13.4. The SMILES string of the molecule is CCOC(=O)CN1C(=O)S/C(=C/c2ccc(N(CC)CC)cc2OCC(=O)Nc2cccc([N+](=O)[O-])c2)C1=O. The Bertz CT molecular complexity index is 1310. The molecule has 13 heteroatoms. The number of non-ortho nitro benzene ring substituents is 1. The number of nitrogens with one attached hydrogen (secondary N) is 1. The van der Waals surface area contributed by atoms with Crippen molar-refractivity contribution < 1.29 is 33.6 Å². The number of nitrogens with zero attached hydrogens (tertiary/aromatic N) is 3. The Morgan fingerprint density at radius 2 is 1.87 bits per heavy atom. The lowest BCUT2D eigenvalue weighted by Gasteiger charge is -2.22. The Hall–Kier alpha value is -4.39. The van der Waals surface area contributed by atoms with Crippen LogP contribution in [-0.4, -0.2) is 65.7 Å². The molecule has 0 aliphatic carbocycles. The molecule has 0 radical (unpaired) electrons. The molecule has 1 saturated heterocycles. The zero-order valence-electron chi connectivity index (χ0n) is 21.7. The van der Waals surface area contributed by atoms with E-state index in [4.69, 9.17) is 9.47 Å². The third kappa shape index (κ3) is 7.57.